The van der Waals surface area contributed by atoms with Gasteiger partial charge in [0.25, 0.3) is 0 Å². The molecule has 0 unspecified atom stereocenters. The molecule has 72 valence electrons. The van der Waals surface area contributed by atoms with Gasteiger partial charge in [-0.1, -0.05) is 18.7 Å². The Hall–Kier alpha value is -1.97. The van der Waals surface area contributed by atoms with Crippen LogP contribution >= 0.6 is 0 Å². The maximum atomic E-state index is 10.5. The molecule has 1 rings (SSSR count). The van der Waals surface area contributed by atoms with Gasteiger partial charge in [-0.25, -0.2) is 14.8 Å². The topological polar surface area (TPSA) is 63.1 Å². The van der Waals surface area contributed by atoms with Crippen molar-refractivity contribution in [3.05, 3.63) is 42.5 Å². The van der Waals surface area contributed by atoms with Crippen LogP contribution in [-0.4, -0.2) is 21.0 Å². The molecule has 1 aromatic rings. The molecular weight excluding hydrogens is 180 g/mol. The third kappa shape index (κ3) is 2.26. The van der Waals surface area contributed by atoms with Gasteiger partial charge in [0.05, 0.1) is 5.56 Å². The first kappa shape index (κ1) is 10.1. The summed E-state index contributed by atoms with van der Waals surface area (Å²) in [7, 11) is 0. The Morgan fingerprint density at radius 1 is 1.50 bits per heavy atom. The van der Waals surface area contributed by atoms with Crippen molar-refractivity contribution in [2.45, 2.75) is 6.92 Å². The molecule has 1 heterocycles. The minimum absolute atomic E-state index is 0.0835. The van der Waals surface area contributed by atoms with Gasteiger partial charge in [-0.15, -0.1) is 0 Å². The van der Waals surface area contributed by atoms with Crippen LogP contribution < -0.4 is 0 Å². The summed E-state index contributed by atoms with van der Waals surface area (Å²) in [5.74, 6) is -0.517. The summed E-state index contributed by atoms with van der Waals surface area (Å²) in [5, 5.41) is 8.61. The molecule has 0 spiro atoms. The fourth-order valence-electron chi connectivity index (χ4n) is 0.893. The van der Waals surface area contributed by atoms with E-state index in [0.717, 1.165) is 5.57 Å². The highest BCUT2D eigenvalue weighted by molar-refractivity contribution is 5.86. The summed E-state index contributed by atoms with van der Waals surface area (Å²) < 4.78 is 0. The molecular formula is C10H10N2O2. The first-order valence-corrected chi connectivity index (χ1v) is 4.00. The molecule has 0 aliphatic rings. The Morgan fingerprint density at radius 2 is 2.07 bits per heavy atom. The average Bonchev–Trinajstić information content (AvgIpc) is 2.18. The number of aromatic carboxylic acids is 1. The van der Waals surface area contributed by atoms with Gasteiger partial charge in [0.15, 0.2) is 5.82 Å². The number of carbonyl (C=O) groups is 1. The number of allylic oxidation sites excluding steroid dienone is 3. The highest BCUT2D eigenvalue weighted by Crippen LogP contribution is 2.07. The van der Waals surface area contributed by atoms with Gasteiger partial charge in [-0.3, -0.25) is 0 Å². The second-order valence-corrected chi connectivity index (χ2v) is 2.69. The van der Waals surface area contributed by atoms with E-state index in [1.54, 1.807) is 12.2 Å². The van der Waals surface area contributed by atoms with Crippen LogP contribution in [0.4, 0.5) is 0 Å². The standard InChI is InChI=1S/C10H10N2O2/c1-3-4-7(2)9-11-5-8(6-12-9)10(13)14/h3-6H,1H2,2H3,(H,13,14). The van der Waals surface area contributed by atoms with E-state index in [0.29, 0.717) is 5.82 Å². The van der Waals surface area contributed by atoms with Crippen molar-refractivity contribution < 1.29 is 9.90 Å². The Balaban J connectivity index is 2.99. The van der Waals surface area contributed by atoms with Gasteiger partial charge in [-0.2, -0.15) is 0 Å². The number of rotatable bonds is 3. The molecule has 0 radical (unpaired) electrons. The quantitative estimate of drug-likeness (QED) is 0.737. The molecule has 0 fully saturated rings. The van der Waals surface area contributed by atoms with Crippen LogP contribution in [0.2, 0.25) is 0 Å². The Kier molecular flexibility index (Phi) is 3.12. The van der Waals surface area contributed by atoms with Gasteiger partial charge in [0, 0.05) is 12.4 Å². The van der Waals surface area contributed by atoms with Gasteiger partial charge < -0.3 is 5.11 Å². The number of aromatic nitrogens is 2. The predicted octanol–water partition coefficient (Wildman–Crippen LogP) is 1.76. The molecule has 1 aromatic heterocycles. The van der Waals surface area contributed by atoms with E-state index in [-0.39, 0.29) is 5.56 Å². The lowest BCUT2D eigenvalue weighted by Crippen LogP contribution is -2.00. The molecule has 14 heavy (non-hydrogen) atoms. The van der Waals surface area contributed by atoms with E-state index in [9.17, 15) is 4.79 Å². The molecule has 0 amide bonds. The van der Waals surface area contributed by atoms with Crippen molar-refractivity contribution in [3.63, 3.8) is 0 Å². The van der Waals surface area contributed by atoms with Crippen molar-refractivity contribution in [1.29, 1.82) is 0 Å². The van der Waals surface area contributed by atoms with E-state index in [1.165, 1.54) is 12.4 Å². The Morgan fingerprint density at radius 3 is 2.50 bits per heavy atom. The number of hydrogen-bond donors (Lipinski definition) is 1. The van der Waals surface area contributed by atoms with Crippen molar-refractivity contribution in [2.75, 3.05) is 0 Å². The second kappa shape index (κ2) is 4.32. The zero-order valence-electron chi connectivity index (χ0n) is 7.77. The highest BCUT2D eigenvalue weighted by atomic mass is 16.4. The average molecular weight is 190 g/mol. The summed E-state index contributed by atoms with van der Waals surface area (Å²) in [5.41, 5.74) is 0.928. The van der Waals surface area contributed by atoms with E-state index in [1.807, 2.05) is 6.92 Å². The zero-order valence-corrected chi connectivity index (χ0v) is 7.77. The van der Waals surface area contributed by atoms with Crippen molar-refractivity contribution in [3.8, 4) is 0 Å². The zero-order chi connectivity index (χ0) is 10.6. The van der Waals surface area contributed by atoms with Crippen molar-refractivity contribution >= 4 is 11.5 Å². The molecule has 0 aliphatic heterocycles. The summed E-state index contributed by atoms with van der Waals surface area (Å²) >= 11 is 0. The Labute approximate surface area is 81.6 Å². The van der Waals surface area contributed by atoms with Crippen LogP contribution in [0.25, 0.3) is 5.57 Å². The minimum Gasteiger partial charge on any atom is -0.478 e. The predicted molar refractivity (Wildman–Crippen MR) is 52.8 cm³/mol. The fraction of sp³-hybridized carbons (Fsp3) is 0.100. The number of carboxylic acids is 1. The molecule has 0 saturated heterocycles. The van der Waals surface area contributed by atoms with E-state index >= 15 is 0 Å². The van der Waals surface area contributed by atoms with Crippen LogP contribution in [0.3, 0.4) is 0 Å². The van der Waals surface area contributed by atoms with Crippen LogP contribution in [0.15, 0.2) is 31.1 Å². The maximum absolute atomic E-state index is 10.5. The van der Waals surface area contributed by atoms with Gasteiger partial charge >= 0.3 is 5.97 Å². The first-order chi connectivity index (χ1) is 6.65. The first-order valence-electron chi connectivity index (χ1n) is 4.00. The largest absolute Gasteiger partial charge is 0.478 e. The third-order valence-corrected chi connectivity index (χ3v) is 1.62. The summed E-state index contributed by atoms with van der Waals surface area (Å²) in [6.07, 6.45) is 5.95. The fourth-order valence-corrected chi connectivity index (χ4v) is 0.893. The van der Waals surface area contributed by atoms with Gasteiger partial charge in [-0.05, 0) is 12.5 Å². The molecule has 4 heteroatoms. The lowest BCUT2D eigenvalue weighted by Gasteiger charge is -1.98. The lowest BCUT2D eigenvalue weighted by atomic mass is 10.2. The van der Waals surface area contributed by atoms with Crippen molar-refractivity contribution in [1.82, 2.24) is 9.97 Å². The molecule has 0 bridgehead atoms. The SMILES string of the molecule is C=CC=C(C)c1ncc(C(=O)O)cn1. The van der Waals surface area contributed by atoms with Crippen LogP contribution in [0.1, 0.15) is 23.1 Å². The van der Waals surface area contributed by atoms with Crippen molar-refractivity contribution in [2.24, 2.45) is 0 Å². The molecule has 0 aliphatic carbocycles. The summed E-state index contributed by atoms with van der Waals surface area (Å²) in [4.78, 5) is 18.3. The lowest BCUT2D eigenvalue weighted by molar-refractivity contribution is 0.0696. The summed E-state index contributed by atoms with van der Waals surface area (Å²) in [6.45, 7) is 5.38. The molecule has 4 nitrogen and oxygen atoms in total. The van der Waals surface area contributed by atoms with Gasteiger partial charge in [0.2, 0.25) is 0 Å². The third-order valence-electron chi connectivity index (χ3n) is 1.62. The van der Waals surface area contributed by atoms with Gasteiger partial charge in [0.1, 0.15) is 0 Å². The summed E-state index contributed by atoms with van der Waals surface area (Å²) in [6, 6.07) is 0. The second-order valence-electron chi connectivity index (χ2n) is 2.69. The molecule has 0 saturated carbocycles. The van der Waals surface area contributed by atoms with E-state index in [4.69, 9.17) is 5.11 Å². The maximum Gasteiger partial charge on any atom is 0.338 e. The van der Waals surface area contributed by atoms with E-state index in [2.05, 4.69) is 16.5 Å². The number of hydrogen-bond acceptors (Lipinski definition) is 3. The Bertz CT molecular complexity index is 380. The normalized spacial score (nSPS) is 11.1. The molecule has 0 aromatic carbocycles. The minimum atomic E-state index is -1.03. The molecule has 1 N–H and O–H groups in total. The number of nitrogens with zero attached hydrogens (tertiary/aromatic N) is 2. The van der Waals surface area contributed by atoms with Crippen LogP contribution in [-0.2, 0) is 0 Å². The monoisotopic (exact) mass is 190 g/mol. The van der Waals surface area contributed by atoms with Crippen LogP contribution in [0.5, 0.6) is 0 Å². The molecule has 0 atom stereocenters. The van der Waals surface area contributed by atoms with E-state index < -0.39 is 5.97 Å². The smallest absolute Gasteiger partial charge is 0.338 e. The van der Waals surface area contributed by atoms with Crippen LogP contribution in [0, 0.1) is 0 Å². The number of carboxylic acid groups (broad SMARTS) is 1. The highest BCUT2D eigenvalue weighted by Gasteiger charge is 2.04.